The molecular formula is C19H24N2O. The van der Waals surface area contributed by atoms with Crippen molar-refractivity contribution in [3.63, 3.8) is 0 Å². The number of rotatable bonds is 2. The van der Waals surface area contributed by atoms with Gasteiger partial charge in [-0.15, -0.1) is 0 Å². The Labute approximate surface area is 132 Å². The van der Waals surface area contributed by atoms with Crippen LogP contribution in [0.25, 0.3) is 0 Å². The zero-order valence-corrected chi connectivity index (χ0v) is 13.7. The van der Waals surface area contributed by atoms with E-state index in [1.165, 1.54) is 5.56 Å². The molecule has 0 fully saturated rings. The molecule has 1 aromatic carbocycles. The third-order valence-electron chi connectivity index (χ3n) is 3.79. The number of benzene rings is 1. The Hall–Kier alpha value is -2.16. The van der Waals surface area contributed by atoms with Crippen molar-refractivity contribution in [2.24, 2.45) is 5.92 Å². The minimum Gasteiger partial charge on any atom is -0.421 e. The monoisotopic (exact) mass is 296 g/mol. The van der Waals surface area contributed by atoms with Crippen molar-refractivity contribution < 1.29 is 4.74 Å². The second-order valence-corrected chi connectivity index (χ2v) is 6.82. The molecule has 0 spiro atoms. The van der Waals surface area contributed by atoms with E-state index in [-0.39, 0.29) is 17.2 Å². The first kappa shape index (κ1) is 16.2. The van der Waals surface area contributed by atoms with Crippen molar-refractivity contribution in [2.75, 3.05) is 0 Å². The van der Waals surface area contributed by atoms with Crippen LogP contribution in [0.3, 0.4) is 0 Å². The van der Waals surface area contributed by atoms with Crippen molar-refractivity contribution in [3.8, 4) is 0 Å². The predicted molar refractivity (Wildman–Crippen MR) is 91.8 cm³/mol. The Morgan fingerprint density at radius 3 is 2.23 bits per heavy atom. The van der Waals surface area contributed by atoms with Crippen LogP contribution in [0.2, 0.25) is 0 Å². The standard InChI is InChI=1S/C19H24N2O/c1-13-5-7-14(8-6-13)17(20)22-18(21)15-9-11-16(12-10-15)19(2,3)4/h5,7-13,20-21H,6H2,1-4H3/t13-/m1/s1. The van der Waals surface area contributed by atoms with Crippen molar-refractivity contribution in [2.45, 2.75) is 39.5 Å². The maximum absolute atomic E-state index is 8.03. The summed E-state index contributed by atoms with van der Waals surface area (Å²) in [5, 5.41) is 16.0. The van der Waals surface area contributed by atoms with Crippen LogP contribution >= 0.6 is 0 Å². The summed E-state index contributed by atoms with van der Waals surface area (Å²) in [7, 11) is 0. The van der Waals surface area contributed by atoms with Crippen LogP contribution in [-0.2, 0) is 10.2 Å². The van der Waals surface area contributed by atoms with Gasteiger partial charge in [-0.05, 0) is 35.4 Å². The molecule has 0 unspecified atom stereocenters. The summed E-state index contributed by atoms with van der Waals surface area (Å²) in [6.45, 7) is 8.60. The highest BCUT2D eigenvalue weighted by molar-refractivity contribution is 6.05. The van der Waals surface area contributed by atoms with E-state index >= 15 is 0 Å². The van der Waals surface area contributed by atoms with Crippen LogP contribution in [0.4, 0.5) is 0 Å². The summed E-state index contributed by atoms with van der Waals surface area (Å²) in [6.07, 6.45) is 6.86. The van der Waals surface area contributed by atoms with Gasteiger partial charge in [-0.2, -0.15) is 0 Å². The molecule has 3 nitrogen and oxygen atoms in total. The molecule has 3 heteroatoms. The van der Waals surface area contributed by atoms with E-state index in [0.717, 1.165) is 12.0 Å². The molecule has 0 heterocycles. The molecule has 0 saturated heterocycles. The van der Waals surface area contributed by atoms with Crippen LogP contribution in [-0.4, -0.2) is 11.8 Å². The first-order chi connectivity index (χ1) is 10.3. The van der Waals surface area contributed by atoms with Gasteiger partial charge < -0.3 is 4.74 Å². The molecule has 0 amide bonds. The minimum atomic E-state index is 0.0124. The number of allylic oxidation sites excluding steroid dienone is 2. The molecule has 0 bridgehead atoms. The summed E-state index contributed by atoms with van der Waals surface area (Å²) >= 11 is 0. The summed E-state index contributed by atoms with van der Waals surface area (Å²) in [4.78, 5) is 0. The second kappa shape index (κ2) is 6.30. The molecule has 22 heavy (non-hydrogen) atoms. The highest BCUT2D eigenvalue weighted by Crippen LogP contribution is 2.22. The van der Waals surface area contributed by atoms with Gasteiger partial charge in [-0.25, -0.2) is 0 Å². The van der Waals surface area contributed by atoms with E-state index < -0.39 is 0 Å². The van der Waals surface area contributed by atoms with Gasteiger partial charge in [-0.1, -0.05) is 58.1 Å². The fraction of sp³-hybridized carbons (Fsp3) is 0.368. The Morgan fingerprint density at radius 2 is 1.73 bits per heavy atom. The van der Waals surface area contributed by atoms with Gasteiger partial charge in [0.05, 0.1) is 0 Å². The number of hydrogen-bond acceptors (Lipinski definition) is 3. The topological polar surface area (TPSA) is 56.9 Å². The lowest BCUT2D eigenvalue weighted by Crippen LogP contribution is -2.15. The average molecular weight is 296 g/mol. The van der Waals surface area contributed by atoms with E-state index in [2.05, 4.69) is 33.8 Å². The average Bonchev–Trinajstić information content (AvgIpc) is 2.47. The third-order valence-corrected chi connectivity index (χ3v) is 3.79. The van der Waals surface area contributed by atoms with Gasteiger partial charge in [0.25, 0.3) is 0 Å². The number of ether oxygens (including phenoxy) is 1. The van der Waals surface area contributed by atoms with Crippen molar-refractivity contribution in [1.29, 1.82) is 10.8 Å². The molecule has 2 N–H and O–H groups in total. The van der Waals surface area contributed by atoms with Crippen molar-refractivity contribution >= 4 is 11.8 Å². The van der Waals surface area contributed by atoms with E-state index in [1.54, 1.807) is 0 Å². The zero-order valence-electron chi connectivity index (χ0n) is 13.7. The molecule has 1 aliphatic rings. The van der Waals surface area contributed by atoms with Crippen LogP contribution in [0.5, 0.6) is 0 Å². The van der Waals surface area contributed by atoms with Crippen LogP contribution in [0.15, 0.2) is 48.1 Å². The van der Waals surface area contributed by atoms with E-state index in [4.69, 9.17) is 15.6 Å². The van der Waals surface area contributed by atoms with Crippen molar-refractivity contribution in [3.05, 3.63) is 59.2 Å². The lowest BCUT2D eigenvalue weighted by Gasteiger charge is -2.19. The summed E-state index contributed by atoms with van der Waals surface area (Å²) < 4.78 is 5.38. The molecule has 1 atom stereocenters. The Morgan fingerprint density at radius 1 is 1.09 bits per heavy atom. The minimum absolute atomic E-state index is 0.0124. The number of hydrogen-bond donors (Lipinski definition) is 2. The lowest BCUT2D eigenvalue weighted by molar-refractivity contribution is 0.536. The lowest BCUT2D eigenvalue weighted by atomic mass is 9.87. The van der Waals surface area contributed by atoms with Gasteiger partial charge in [-0.3, -0.25) is 10.8 Å². The second-order valence-electron chi connectivity index (χ2n) is 6.82. The Balaban J connectivity index is 2.03. The fourth-order valence-corrected chi connectivity index (χ4v) is 2.24. The quantitative estimate of drug-likeness (QED) is 0.596. The van der Waals surface area contributed by atoms with E-state index in [9.17, 15) is 0 Å². The van der Waals surface area contributed by atoms with Crippen LogP contribution in [0.1, 0.15) is 45.2 Å². The van der Waals surface area contributed by atoms with Crippen LogP contribution < -0.4 is 0 Å². The summed E-state index contributed by atoms with van der Waals surface area (Å²) in [6, 6.07) is 7.78. The molecule has 0 radical (unpaired) electrons. The van der Waals surface area contributed by atoms with E-state index in [1.807, 2.05) is 36.4 Å². The molecule has 0 aliphatic heterocycles. The van der Waals surface area contributed by atoms with E-state index in [0.29, 0.717) is 11.5 Å². The maximum atomic E-state index is 8.03. The molecule has 0 aromatic heterocycles. The van der Waals surface area contributed by atoms with Gasteiger partial charge in [0.15, 0.2) is 0 Å². The third kappa shape index (κ3) is 3.94. The largest absolute Gasteiger partial charge is 0.421 e. The Kier molecular flexibility index (Phi) is 4.65. The summed E-state index contributed by atoms with van der Waals surface area (Å²) in [5.74, 6) is 0.548. The van der Waals surface area contributed by atoms with Gasteiger partial charge >= 0.3 is 0 Å². The first-order valence-electron chi connectivity index (χ1n) is 7.62. The highest BCUT2D eigenvalue weighted by Gasteiger charge is 2.15. The molecular weight excluding hydrogens is 272 g/mol. The normalized spacial score (nSPS) is 17.8. The van der Waals surface area contributed by atoms with Gasteiger partial charge in [0, 0.05) is 11.1 Å². The van der Waals surface area contributed by atoms with Crippen LogP contribution in [0, 0.1) is 16.7 Å². The molecule has 1 aromatic rings. The molecule has 1 aliphatic carbocycles. The van der Waals surface area contributed by atoms with Gasteiger partial charge in [0.1, 0.15) is 0 Å². The molecule has 2 rings (SSSR count). The molecule has 0 saturated carbocycles. The fourth-order valence-electron chi connectivity index (χ4n) is 2.24. The predicted octanol–water partition coefficient (Wildman–Crippen LogP) is 4.83. The zero-order chi connectivity index (χ0) is 16.3. The Bertz CT molecular complexity index is 630. The smallest absolute Gasteiger partial charge is 0.221 e. The molecule has 116 valence electrons. The SMILES string of the molecule is C[C@@H]1C=CC(C(=N)OC(=N)c2ccc(C(C)(C)C)cc2)=CC1. The maximum Gasteiger partial charge on any atom is 0.221 e. The summed E-state index contributed by atoms with van der Waals surface area (Å²) in [5.41, 5.74) is 2.73. The van der Waals surface area contributed by atoms with Crippen molar-refractivity contribution in [1.82, 2.24) is 0 Å². The number of nitrogens with one attached hydrogen (secondary N) is 2. The highest BCUT2D eigenvalue weighted by atomic mass is 16.5. The van der Waals surface area contributed by atoms with Gasteiger partial charge in [0.2, 0.25) is 11.8 Å². The first-order valence-corrected chi connectivity index (χ1v) is 7.62.